The molecule has 0 bridgehead atoms. The second-order valence-corrected chi connectivity index (χ2v) is 4.85. The lowest BCUT2D eigenvalue weighted by atomic mass is 10.2. The number of carbonyl (C=O) groups is 1. The van der Waals surface area contributed by atoms with Crippen LogP contribution < -0.4 is 4.74 Å². The van der Waals surface area contributed by atoms with Gasteiger partial charge in [-0.3, -0.25) is 4.68 Å². The number of aryl methyl sites for hydroxylation is 2. The van der Waals surface area contributed by atoms with Crippen LogP contribution in [0.15, 0.2) is 30.3 Å². The van der Waals surface area contributed by atoms with Gasteiger partial charge >= 0.3 is 5.97 Å². The Bertz CT molecular complexity index is 692. The predicted molar refractivity (Wildman–Crippen MR) is 80.4 cm³/mol. The zero-order valence-electron chi connectivity index (χ0n) is 11.7. The second-order valence-electron chi connectivity index (χ2n) is 4.47. The number of para-hydroxylation sites is 1. The Hall–Kier alpha value is -2.27. The molecule has 0 fully saturated rings. The molecule has 0 aliphatic rings. The molecule has 2 rings (SSSR count). The largest absolute Gasteiger partial charge is 0.487 e. The van der Waals surface area contributed by atoms with Crippen molar-refractivity contribution in [3.05, 3.63) is 52.3 Å². The van der Waals surface area contributed by atoms with Crippen molar-refractivity contribution in [1.29, 1.82) is 0 Å². The number of ether oxygens (including phenoxy) is 1. The number of nitrogens with zero attached hydrogens (tertiary/aromatic N) is 2. The molecular weight excluding hydrogens is 292 g/mol. The molecule has 0 aliphatic carbocycles. The van der Waals surface area contributed by atoms with E-state index in [1.807, 2.05) is 19.1 Å². The summed E-state index contributed by atoms with van der Waals surface area (Å²) in [7, 11) is 1.80. The van der Waals surface area contributed by atoms with Gasteiger partial charge in [-0.05, 0) is 19.1 Å². The van der Waals surface area contributed by atoms with Crippen LogP contribution >= 0.6 is 11.6 Å². The second kappa shape index (κ2) is 6.45. The fourth-order valence-electron chi connectivity index (χ4n) is 1.89. The molecule has 0 amide bonds. The molecular formula is C15H15ClN2O3. The first-order valence-electron chi connectivity index (χ1n) is 6.30. The molecule has 0 saturated carbocycles. The maximum Gasteiger partial charge on any atom is 0.328 e. The van der Waals surface area contributed by atoms with Crippen LogP contribution in [0.25, 0.3) is 6.08 Å². The van der Waals surface area contributed by atoms with E-state index in [1.165, 1.54) is 6.08 Å². The Kier molecular flexibility index (Phi) is 4.65. The molecule has 0 unspecified atom stereocenters. The SMILES string of the molecule is Cc1nn(C)c(COc2ccccc2C=CC(=O)O)c1Cl. The first-order chi connectivity index (χ1) is 9.99. The predicted octanol–water partition coefficient (Wildman–Crippen LogP) is 3.06. The number of carboxylic acid groups (broad SMARTS) is 1. The molecule has 0 atom stereocenters. The number of hydrogen-bond donors (Lipinski definition) is 1. The van der Waals surface area contributed by atoms with E-state index < -0.39 is 5.97 Å². The third-order valence-corrected chi connectivity index (χ3v) is 3.44. The van der Waals surface area contributed by atoms with Crippen LogP contribution in [0.1, 0.15) is 17.0 Å². The van der Waals surface area contributed by atoms with Crippen molar-refractivity contribution in [2.24, 2.45) is 7.05 Å². The third-order valence-electron chi connectivity index (χ3n) is 2.95. The van der Waals surface area contributed by atoms with Gasteiger partial charge in [0.2, 0.25) is 0 Å². The highest BCUT2D eigenvalue weighted by Gasteiger charge is 2.12. The van der Waals surface area contributed by atoms with Crippen molar-refractivity contribution in [3.63, 3.8) is 0 Å². The van der Waals surface area contributed by atoms with Crippen LogP contribution in [0.2, 0.25) is 5.02 Å². The minimum atomic E-state index is -1.00. The Labute approximate surface area is 127 Å². The van der Waals surface area contributed by atoms with E-state index in [0.29, 0.717) is 16.3 Å². The summed E-state index contributed by atoms with van der Waals surface area (Å²) in [4.78, 5) is 10.6. The molecule has 0 aliphatic heterocycles. The molecule has 1 aromatic heterocycles. The summed E-state index contributed by atoms with van der Waals surface area (Å²) in [6, 6.07) is 7.20. The summed E-state index contributed by atoms with van der Waals surface area (Å²) in [5.74, 6) is -0.417. The molecule has 2 aromatic rings. The normalized spacial score (nSPS) is 11.0. The Balaban J connectivity index is 2.18. The Morgan fingerprint density at radius 2 is 2.19 bits per heavy atom. The van der Waals surface area contributed by atoms with Crippen molar-refractivity contribution in [2.45, 2.75) is 13.5 Å². The van der Waals surface area contributed by atoms with Gasteiger partial charge in [-0.2, -0.15) is 5.10 Å². The van der Waals surface area contributed by atoms with Crippen molar-refractivity contribution in [3.8, 4) is 5.75 Å². The van der Waals surface area contributed by atoms with Gasteiger partial charge in [0.15, 0.2) is 0 Å². The molecule has 5 nitrogen and oxygen atoms in total. The van der Waals surface area contributed by atoms with E-state index in [-0.39, 0.29) is 6.61 Å². The fourth-order valence-corrected chi connectivity index (χ4v) is 2.11. The average molecular weight is 307 g/mol. The monoisotopic (exact) mass is 306 g/mol. The number of benzene rings is 1. The van der Waals surface area contributed by atoms with Crippen LogP contribution in [0.3, 0.4) is 0 Å². The summed E-state index contributed by atoms with van der Waals surface area (Å²) >= 11 is 6.17. The molecule has 21 heavy (non-hydrogen) atoms. The summed E-state index contributed by atoms with van der Waals surface area (Å²) in [6.45, 7) is 2.09. The van der Waals surface area contributed by atoms with Crippen molar-refractivity contribution >= 4 is 23.6 Å². The zero-order valence-corrected chi connectivity index (χ0v) is 12.5. The first kappa shape index (κ1) is 15.1. The molecule has 0 spiro atoms. The molecule has 110 valence electrons. The quantitative estimate of drug-likeness (QED) is 0.862. The highest BCUT2D eigenvalue weighted by Crippen LogP contribution is 2.24. The highest BCUT2D eigenvalue weighted by molar-refractivity contribution is 6.31. The smallest absolute Gasteiger partial charge is 0.328 e. The summed E-state index contributed by atoms with van der Waals surface area (Å²) in [5, 5.41) is 13.5. The Morgan fingerprint density at radius 1 is 1.48 bits per heavy atom. The molecule has 6 heteroatoms. The lowest BCUT2D eigenvalue weighted by Crippen LogP contribution is -2.04. The van der Waals surface area contributed by atoms with E-state index in [2.05, 4.69) is 5.10 Å². The number of rotatable bonds is 5. The molecule has 1 aromatic carbocycles. The standard InChI is InChI=1S/C15H15ClN2O3/c1-10-15(16)12(18(2)17-10)9-21-13-6-4-3-5-11(13)7-8-14(19)20/h3-8H,9H2,1-2H3,(H,19,20). The summed E-state index contributed by atoms with van der Waals surface area (Å²) < 4.78 is 7.41. The van der Waals surface area contributed by atoms with Gasteiger partial charge in [0, 0.05) is 18.7 Å². The van der Waals surface area contributed by atoms with E-state index >= 15 is 0 Å². The minimum absolute atomic E-state index is 0.258. The lowest BCUT2D eigenvalue weighted by Gasteiger charge is -2.09. The number of halogens is 1. The van der Waals surface area contributed by atoms with Crippen LogP contribution in [0.4, 0.5) is 0 Å². The fraction of sp³-hybridized carbons (Fsp3) is 0.200. The maximum absolute atomic E-state index is 10.6. The van der Waals surface area contributed by atoms with Gasteiger partial charge in [0.1, 0.15) is 12.4 Å². The zero-order chi connectivity index (χ0) is 15.4. The van der Waals surface area contributed by atoms with Gasteiger partial charge in [-0.25, -0.2) is 4.79 Å². The van der Waals surface area contributed by atoms with E-state index in [0.717, 1.165) is 17.5 Å². The molecule has 0 saturated heterocycles. The number of aliphatic carboxylic acids is 1. The van der Waals surface area contributed by atoms with Gasteiger partial charge in [0.25, 0.3) is 0 Å². The van der Waals surface area contributed by atoms with Gasteiger partial charge in [0.05, 0.1) is 16.4 Å². The van der Waals surface area contributed by atoms with Gasteiger partial charge in [-0.1, -0.05) is 29.8 Å². The van der Waals surface area contributed by atoms with E-state index in [1.54, 1.807) is 23.9 Å². The summed E-state index contributed by atoms with van der Waals surface area (Å²) in [6.07, 6.45) is 2.57. The molecule has 1 N–H and O–H groups in total. The van der Waals surface area contributed by atoms with Crippen molar-refractivity contribution < 1.29 is 14.6 Å². The first-order valence-corrected chi connectivity index (χ1v) is 6.67. The van der Waals surface area contributed by atoms with Crippen LogP contribution in [0.5, 0.6) is 5.75 Å². The topological polar surface area (TPSA) is 64.4 Å². The van der Waals surface area contributed by atoms with E-state index in [9.17, 15) is 4.79 Å². The van der Waals surface area contributed by atoms with Crippen molar-refractivity contribution in [1.82, 2.24) is 9.78 Å². The summed E-state index contributed by atoms with van der Waals surface area (Å²) in [5.41, 5.74) is 2.21. The number of carboxylic acids is 1. The van der Waals surface area contributed by atoms with Gasteiger partial charge < -0.3 is 9.84 Å². The average Bonchev–Trinajstić information content (AvgIpc) is 2.69. The molecule has 0 radical (unpaired) electrons. The molecule has 1 heterocycles. The van der Waals surface area contributed by atoms with E-state index in [4.69, 9.17) is 21.4 Å². The number of hydrogen-bond acceptors (Lipinski definition) is 3. The van der Waals surface area contributed by atoms with Gasteiger partial charge in [-0.15, -0.1) is 0 Å². The van der Waals surface area contributed by atoms with Crippen LogP contribution in [0, 0.1) is 6.92 Å². The lowest BCUT2D eigenvalue weighted by molar-refractivity contribution is -0.131. The minimum Gasteiger partial charge on any atom is -0.487 e. The Morgan fingerprint density at radius 3 is 2.81 bits per heavy atom. The van der Waals surface area contributed by atoms with Crippen molar-refractivity contribution in [2.75, 3.05) is 0 Å². The number of aromatic nitrogens is 2. The maximum atomic E-state index is 10.6. The van der Waals surface area contributed by atoms with Crippen LogP contribution in [-0.4, -0.2) is 20.9 Å². The third kappa shape index (κ3) is 3.64. The van der Waals surface area contributed by atoms with Crippen LogP contribution in [-0.2, 0) is 18.4 Å². The highest BCUT2D eigenvalue weighted by atomic mass is 35.5.